The first-order valence-corrected chi connectivity index (χ1v) is 5.16. The number of nitrogens with one attached hydrogen (secondary N) is 1. The van der Waals surface area contributed by atoms with Crippen molar-refractivity contribution in [3.63, 3.8) is 0 Å². The molecular weight excluding hydrogens is 193 g/mol. The van der Waals surface area contributed by atoms with Crippen molar-refractivity contribution in [2.75, 3.05) is 5.32 Å². The van der Waals surface area contributed by atoms with Crippen molar-refractivity contribution >= 4 is 11.6 Å². The summed E-state index contributed by atoms with van der Waals surface area (Å²) in [6.45, 7) is 7.61. The Morgan fingerprint density at radius 2 is 1.67 bits per heavy atom. The van der Waals surface area contributed by atoms with Gasteiger partial charge in [0.25, 0.3) is 0 Å². The molecule has 1 aromatic carbocycles. The monoisotopic (exact) mass is 211 g/mol. The van der Waals surface area contributed by atoms with Crippen molar-refractivity contribution in [2.24, 2.45) is 5.92 Å². The number of anilines is 1. The molecule has 84 valence electrons. The molecule has 0 saturated carbocycles. The zero-order chi connectivity index (χ0) is 11.8. The van der Waals surface area contributed by atoms with Gasteiger partial charge in [0.05, 0.1) is 0 Å². The number of halogens is 1. The van der Waals surface area contributed by atoms with E-state index in [0.29, 0.717) is 5.69 Å². The van der Waals surface area contributed by atoms with Gasteiger partial charge >= 0.3 is 0 Å². The Kier molecular flexibility index (Phi) is 6.34. The first-order valence-electron chi connectivity index (χ1n) is 5.16. The molecular formula is C12H18FNO. The fraction of sp³-hybridized carbons (Fsp3) is 0.417. The maximum absolute atomic E-state index is 12.5. The fourth-order valence-corrected chi connectivity index (χ4v) is 0.820. The minimum absolute atomic E-state index is 0.0633. The summed E-state index contributed by atoms with van der Waals surface area (Å²) in [6, 6.07) is 5.71. The summed E-state index contributed by atoms with van der Waals surface area (Å²) < 4.78 is 12.5. The lowest BCUT2D eigenvalue weighted by Gasteiger charge is -2.06. The highest BCUT2D eigenvalue weighted by Gasteiger charge is 2.06. The lowest BCUT2D eigenvalue weighted by atomic mass is 10.2. The van der Waals surface area contributed by atoms with E-state index in [1.807, 2.05) is 13.8 Å². The zero-order valence-electron chi connectivity index (χ0n) is 9.67. The topological polar surface area (TPSA) is 29.1 Å². The minimum Gasteiger partial charge on any atom is -0.326 e. The summed E-state index contributed by atoms with van der Waals surface area (Å²) in [6.07, 6.45) is 0. The Labute approximate surface area is 90.5 Å². The van der Waals surface area contributed by atoms with Crippen molar-refractivity contribution in [1.29, 1.82) is 0 Å². The van der Waals surface area contributed by atoms with Gasteiger partial charge < -0.3 is 5.32 Å². The highest BCUT2D eigenvalue weighted by molar-refractivity contribution is 5.91. The molecule has 1 aromatic rings. The standard InChI is InChI=1S/C10H12FNO.C2H6/c1-7(2)10(13)12-9-5-3-8(11)4-6-9;1-2/h3-7H,1-2H3,(H,12,13);1-2H3. The fourth-order valence-electron chi connectivity index (χ4n) is 0.820. The molecule has 0 aliphatic rings. The summed E-state index contributed by atoms with van der Waals surface area (Å²) in [7, 11) is 0. The molecule has 0 radical (unpaired) electrons. The van der Waals surface area contributed by atoms with Gasteiger partial charge in [0.15, 0.2) is 0 Å². The van der Waals surface area contributed by atoms with Crippen LogP contribution in [0, 0.1) is 11.7 Å². The second-order valence-electron chi connectivity index (χ2n) is 3.15. The van der Waals surface area contributed by atoms with Gasteiger partial charge in [0.1, 0.15) is 5.82 Å². The van der Waals surface area contributed by atoms with Crippen LogP contribution in [0.15, 0.2) is 24.3 Å². The Morgan fingerprint density at radius 1 is 1.20 bits per heavy atom. The molecule has 0 aliphatic heterocycles. The van der Waals surface area contributed by atoms with E-state index in [9.17, 15) is 9.18 Å². The van der Waals surface area contributed by atoms with E-state index < -0.39 is 0 Å². The van der Waals surface area contributed by atoms with Crippen LogP contribution < -0.4 is 5.32 Å². The van der Waals surface area contributed by atoms with Crippen LogP contribution in [-0.4, -0.2) is 5.91 Å². The maximum atomic E-state index is 12.5. The van der Waals surface area contributed by atoms with Crippen LogP contribution in [0.4, 0.5) is 10.1 Å². The van der Waals surface area contributed by atoms with E-state index in [2.05, 4.69) is 5.32 Å². The third-order valence-corrected chi connectivity index (χ3v) is 1.64. The highest BCUT2D eigenvalue weighted by Crippen LogP contribution is 2.09. The molecule has 15 heavy (non-hydrogen) atoms. The molecule has 0 heterocycles. The number of amides is 1. The average Bonchev–Trinajstić information content (AvgIpc) is 2.24. The van der Waals surface area contributed by atoms with Crippen molar-refractivity contribution in [3.8, 4) is 0 Å². The van der Waals surface area contributed by atoms with Crippen molar-refractivity contribution in [2.45, 2.75) is 27.7 Å². The second-order valence-corrected chi connectivity index (χ2v) is 3.15. The van der Waals surface area contributed by atoms with Gasteiger partial charge in [-0.2, -0.15) is 0 Å². The summed E-state index contributed by atoms with van der Waals surface area (Å²) in [5.74, 6) is -0.431. The lowest BCUT2D eigenvalue weighted by molar-refractivity contribution is -0.118. The maximum Gasteiger partial charge on any atom is 0.226 e. The van der Waals surface area contributed by atoms with Gasteiger partial charge in [0.2, 0.25) is 5.91 Å². The highest BCUT2D eigenvalue weighted by atomic mass is 19.1. The van der Waals surface area contributed by atoms with Crippen LogP contribution in [0.1, 0.15) is 27.7 Å². The van der Waals surface area contributed by atoms with Gasteiger partial charge in [-0.3, -0.25) is 4.79 Å². The molecule has 1 amide bonds. The van der Waals surface area contributed by atoms with Crippen molar-refractivity contribution < 1.29 is 9.18 Å². The summed E-state index contributed by atoms with van der Waals surface area (Å²) in [5.41, 5.74) is 0.625. The van der Waals surface area contributed by atoms with E-state index >= 15 is 0 Å². The van der Waals surface area contributed by atoms with Gasteiger partial charge in [-0.15, -0.1) is 0 Å². The Bertz CT molecular complexity index is 293. The first-order chi connectivity index (χ1) is 7.09. The van der Waals surface area contributed by atoms with Gasteiger partial charge in [-0.1, -0.05) is 27.7 Å². The van der Waals surface area contributed by atoms with Gasteiger partial charge in [-0.05, 0) is 24.3 Å². The normalized spacial score (nSPS) is 9.20. The molecule has 3 heteroatoms. The first kappa shape index (κ1) is 13.6. The van der Waals surface area contributed by atoms with Crippen molar-refractivity contribution in [3.05, 3.63) is 30.1 Å². The summed E-state index contributed by atoms with van der Waals surface area (Å²) in [5, 5.41) is 2.66. The smallest absolute Gasteiger partial charge is 0.226 e. The van der Waals surface area contributed by atoms with E-state index in [1.54, 1.807) is 13.8 Å². The molecule has 0 saturated heterocycles. The van der Waals surface area contributed by atoms with E-state index in [1.165, 1.54) is 24.3 Å². The molecule has 0 fully saturated rings. The number of carbonyl (C=O) groups is 1. The molecule has 1 rings (SSSR count). The average molecular weight is 211 g/mol. The number of rotatable bonds is 2. The van der Waals surface area contributed by atoms with Crippen LogP contribution in [0.5, 0.6) is 0 Å². The summed E-state index contributed by atoms with van der Waals surface area (Å²) >= 11 is 0. The Morgan fingerprint density at radius 3 is 2.07 bits per heavy atom. The second kappa shape index (κ2) is 6.98. The molecule has 2 nitrogen and oxygen atoms in total. The quantitative estimate of drug-likeness (QED) is 0.797. The third-order valence-electron chi connectivity index (χ3n) is 1.64. The zero-order valence-corrected chi connectivity index (χ0v) is 9.67. The molecule has 0 atom stereocenters. The van der Waals surface area contributed by atoms with Crippen LogP contribution in [0.2, 0.25) is 0 Å². The number of carbonyl (C=O) groups excluding carboxylic acids is 1. The SMILES string of the molecule is CC.CC(C)C(=O)Nc1ccc(F)cc1. The van der Waals surface area contributed by atoms with E-state index in [-0.39, 0.29) is 17.6 Å². The molecule has 0 aromatic heterocycles. The third kappa shape index (κ3) is 5.15. The Balaban J connectivity index is 0.000000921. The lowest BCUT2D eigenvalue weighted by Crippen LogP contribution is -2.17. The van der Waals surface area contributed by atoms with Crippen LogP contribution >= 0.6 is 0 Å². The molecule has 0 aliphatic carbocycles. The predicted molar refractivity (Wildman–Crippen MR) is 61.2 cm³/mol. The minimum atomic E-state index is -0.303. The van der Waals surface area contributed by atoms with Crippen molar-refractivity contribution in [1.82, 2.24) is 0 Å². The molecule has 0 unspecified atom stereocenters. The Hall–Kier alpha value is -1.38. The van der Waals surface area contributed by atoms with Gasteiger partial charge in [-0.25, -0.2) is 4.39 Å². The van der Waals surface area contributed by atoms with Crippen LogP contribution in [-0.2, 0) is 4.79 Å². The van der Waals surface area contributed by atoms with E-state index in [4.69, 9.17) is 0 Å². The predicted octanol–water partition coefficient (Wildman–Crippen LogP) is 3.45. The van der Waals surface area contributed by atoms with Crippen LogP contribution in [0.25, 0.3) is 0 Å². The molecule has 1 N–H and O–H groups in total. The largest absolute Gasteiger partial charge is 0.326 e. The molecule has 0 bridgehead atoms. The number of hydrogen-bond acceptors (Lipinski definition) is 1. The van der Waals surface area contributed by atoms with Gasteiger partial charge in [0, 0.05) is 11.6 Å². The van der Waals surface area contributed by atoms with E-state index in [0.717, 1.165) is 0 Å². The number of benzene rings is 1. The molecule has 0 spiro atoms. The van der Waals surface area contributed by atoms with Crippen LogP contribution in [0.3, 0.4) is 0 Å². The number of hydrogen-bond donors (Lipinski definition) is 1. The summed E-state index contributed by atoms with van der Waals surface area (Å²) in [4.78, 5) is 11.2.